The number of aromatic hydroxyl groups is 1. The first-order valence-corrected chi connectivity index (χ1v) is 8.09. The monoisotopic (exact) mass is 308 g/mol. The fourth-order valence-electron chi connectivity index (χ4n) is 1.98. The second-order valence-electron chi connectivity index (χ2n) is 4.69. The molecule has 6 nitrogen and oxygen atoms in total. The molecule has 0 aliphatic carbocycles. The Bertz CT molecular complexity index is 772. The molecule has 21 heavy (non-hydrogen) atoms. The first kappa shape index (κ1) is 15.3. The fraction of sp³-hybridized carbons (Fsp3) is 0.214. The van der Waals surface area contributed by atoms with Crippen LogP contribution in [0.1, 0.15) is 16.8 Å². The van der Waals surface area contributed by atoms with Gasteiger partial charge in [-0.25, -0.2) is 13.6 Å². The summed E-state index contributed by atoms with van der Waals surface area (Å²) in [5.41, 5.74) is 0.157. The van der Waals surface area contributed by atoms with Crippen molar-refractivity contribution in [2.45, 2.75) is 6.42 Å². The van der Waals surface area contributed by atoms with E-state index in [0.717, 1.165) is 10.8 Å². The van der Waals surface area contributed by atoms with E-state index in [0.29, 0.717) is 0 Å². The maximum atomic E-state index is 12.0. The molecule has 0 spiro atoms. The molecule has 0 heterocycles. The van der Waals surface area contributed by atoms with Gasteiger partial charge in [0, 0.05) is 6.54 Å². The normalized spacial score (nSPS) is 11.5. The Hall–Kier alpha value is -2.12. The van der Waals surface area contributed by atoms with E-state index in [9.17, 15) is 18.3 Å². The van der Waals surface area contributed by atoms with E-state index in [-0.39, 0.29) is 30.0 Å². The predicted octanol–water partition coefficient (Wildman–Crippen LogP) is 0.954. The summed E-state index contributed by atoms with van der Waals surface area (Å²) in [5, 5.41) is 19.0. The number of carbonyl (C=O) groups excluding carboxylic acids is 1. The molecule has 0 saturated carbocycles. The Labute approximate surface area is 122 Å². The van der Waals surface area contributed by atoms with Gasteiger partial charge in [0.2, 0.25) is 10.0 Å². The van der Waals surface area contributed by atoms with E-state index in [1.54, 1.807) is 6.07 Å². The largest absolute Gasteiger partial charge is 0.507 e. The number of amides is 1. The third-order valence-corrected chi connectivity index (χ3v) is 3.86. The molecule has 0 saturated heterocycles. The summed E-state index contributed by atoms with van der Waals surface area (Å²) in [4.78, 5) is 12.0. The molecular formula is C14H16N2O4S. The number of phenols is 1. The molecule has 0 radical (unpaired) electrons. The van der Waals surface area contributed by atoms with E-state index in [1.807, 2.05) is 24.3 Å². The van der Waals surface area contributed by atoms with Gasteiger partial charge < -0.3 is 10.4 Å². The molecule has 2 aromatic rings. The van der Waals surface area contributed by atoms with Crippen LogP contribution in [-0.2, 0) is 10.0 Å². The Morgan fingerprint density at radius 1 is 1.19 bits per heavy atom. The number of carbonyl (C=O) groups is 1. The Morgan fingerprint density at radius 2 is 1.81 bits per heavy atom. The van der Waals surface area contributed by atoms with Crippen molar-refractivity contribution in [3.8, 4) is 5.75 Å². The third-order valence-electron chi connectivity index (χ3n) is 3.00. The SMILES string of the molecule is NS(=O)(=O)CCCNC(=O)c1cc2ccccc2cc1O. The maximum absolute atomic E-state index is 12.0. The summed E-state index contributed by atoms with van der Waals surface area (Å²) in [6.45, 7) is 0.168. The van der Waals surface area contributed by atoms with Crippen LogP contribution in [0.2, 0.25) is 0 Å². The molecule has 4 N–H and O–H groups in total. The number of rotatable bonds is 5. The second-order valence-corrected chi connectivity index (χ2v) is 6.43. The third kappa shape index (κ3) is 4.17. The topological polar surface area (TPSA) is 109 Å². The van der Waals surface area contributed by atoms with Gasteiger partial charge >= 0.3 is 0 Å². The first-order chi connectivity index (χ1) is 9.87. The van der Waals surface area contributed by atoms with Gasteiger partial charge in [-0.15, -0.1) is 0 Å². The Morgan fingerprint density at radius 3 is 2.43 bits per heavy atom. The van der Waals surface area contributed by atoms with Crippen LogP contribution < -0.4 is 10.5 Å². The molecule has 7 heteroatoms. The minimum atomic E-state index is -3.52. The number of benzene rings is 2. The van der Waals surface area contributed by atoms with Crippen LogP contribution in [0.15, 0.2) is 36.4 Å². The van der Waals surface area contributed by atoms with Crippen LogP contribution in [0, 0.1) is 0 Å². The molecule has 2 aromatic carbocycles. The number of nitrogens with two attached hydrogens (primary N) is 1. The summed E-state index contributed by atoms with van der Waals surface area (Å²) >= 11 is 0. The number of hydrogen-bond acceptors (Lipinski definition) is 4. The molecule has 2 rings (SSSR count). The van der Waals surface area contributed by atoms with E-state index in [2.05, 4.69) is 5.32 Å². The van der Waals surface area contributed by atoms with Crippen LogP contribution in [-0.4, -0.2) is 31.7 Å². The van der Waals surface area contributed by atoms with E-state index in [4.69, 9.17) is 5.14 Å². The number of fused-ring (bicyclic) bond motifs is 1. The van der Waals surface area contributed by atoms with Crippen LogP contribution in [0.25, 0.3) is 10.8 Å². The molecular weight excluding hydrogens is 292 g/mol. The van der Waals surface area contributed by atoms with Crippen LogP contribution >= 0.6 is 0 Å². The predicted molar refractivity (Wildman–Crippen MR) is 80.5 cm³/mol. The molecule has 0 aliphatic heterocycles. The molecule has 0 atom stereocenters. The van der Waals surface area contributed by atoms with Gasteiger partial charge in [-0.3, -0.25) is 4.79 Å². The van der Waals surface area contributed by atoms with Crippen molar-refractivity contribution in [3.63, 3.8) is 0 Å². The zero-order valence-corrected chi connectivity index (χ0v) is 12.1. The minimum absolute atomic E-state index is 0.113. The number of sulfonamides is 1. The highest BCUT2D eigenvalue weighted by molar-refractivity contribution is 7.89. The van der Waals surface area contributed by atoms with Crippen molar-refractivity contribution in [2.24, 2.45) is 5.14 Å². The van der Waals surface area contributed by atoms with Crippen molar-refractivity contribution in [1.82, 2.24) is 5.32 Å². The Balaban J connectivity index is 2.07. The average molecular weight is 308 g/mol. The molecule has 1 amide bonds. The lowest BCUT2D eigenvalue weighted by atomic mass is 10.1. The number of nitrogens with one attached hydrogen (secondary N) is 1. The van der Waals surface area contributed by atoms with Crippen LogP contribution in [0.5, 0.6) is 5.75 Å². The minimum Gasteiger partial charge on any atom is -0.507 e. The van der Waals surface area contributed by atoms with Crippen molar-refractivity contribution in [2.75, 3.05) is 12.3 Å². The van der Waals surface area contributed by atoms with Gasteiger partial charge in [-0.1, -0.05) is 24.3 Å². The summed E-state index contributed by atoms with van der Waals surface area (Å²) < 4.78 is 21.5. The number of hydrogen-bond donors (Lipinski definition) is 3. The smallest absolute Gasteiger partial charge is 0.255 e. The van der Waals surface area contributed by atoms with Crippen molar-refractivity contribution < 1.29 is 18.3 Å². The maximum Gasteiger partial charge on any atom is 0.255 e. The zero-order chi connectivity index (χ0) is 15.5. The number of phenolic OH excluding ortho intramolecular Hbond substituents is 1. The van der Waals surface area contributed by atoms with E-state index >= 15 is 0 Å². The lowest BCUT2D eigenvalue weighted by molar-refractivity contribution is 0.0951. The highest BCUT2D eigenvalue weighted by Gasteiger charge is 2.12. The lowest BCUT2D eigenvalue weighted by Crippen LogP contribution is -2.27. The van der Waals surface area contributed by atoms with Gasteiger partial charge in [0.15, 0.2) is 0 Å². The summed E-state index contributed by atoms with van der Waals surface area (Å²) in [6, 6.07) is 10.5. The first-order valence-electron chi connectivity index (χ1n) is 6.37. The fourth-order valence-corrected chi connectivity index (χ4v) is 2.53. The number of primary sulfonamides is 1. The molecule has 0 fully saturated rings. The summed E-state index contributed by atoms with van der Waals surface area (Å²) in [7, 11) is -3.52. The van der Waals surface area contributed by atoms with Crippen molar-refractivity contribution in [1.29, 1.82) is 0 Å². The van der Waals surface area contributed by atoms with Crippen LogP contribution in [0.4, 0.5) is 0 Å². The second kappa shape index (κ2) is 6.11. The van der Waals surface area contributed by atoms with E-state index in [1.165, 1.54) is 6.07 Å². The van der Waals surface area contributed by atoms with Crippen molar-refractivity contribution in [3.05, 3.63) is 42.0 Å². The molecule has 0 unspecified atom stereocenters. The molecule has 0 aromatic heterocycles. The molecule has 0 aliphatic rings. The average Bonchev–Trinajstić information content (AvgIpc) is 2.41. The van der Waals surface area contributed by atoms with Crippen LogP contribution in [0.3, 0.4) is 0 Å². The molecule has 0 bridgehead atoms. The molecule has 112 valence electrons. The van der Waals surface area contributed by atoms with Gasteiger partial charge in [0.1, 0.15) is 5.75 Å². The van der Waals surface area contributed by atoms with Gasteiger partial charge in [-0.05, 0) is 29.3 Å². The highest BCUT2D eigenvalue weighted by Crippen LogP contribution is 2.24. The lowest BCUT2D eigenvalue weighted by Gasteiger charge is -2.08. The van der Waals surface area contributed by atoms with Gasteiger partial charge in [0.25, 0.3) is 5.91 Å². The zero-order valence-electron chi connectivity index (χ0n) is 11.2. The highest BCUT2D eigenvalue weighted by atomic mass is 32.2. The summed E-state index contributed by atoms with van der Waals surface area (Å²) in [5.74, 6) is -0.762. The van der Waals surface area contributed by atoms with Gasteiger partial charge in [0.05, 0.1) is 11.3 Å². The van der Waals surface area contributed by atoms with Crippen molar-refractivity contribution >= 4 is 26.7 Å². The Kier molecular flexibility index (Phi) is 4.44. The quantitative estimate of drug-likeness (QED) is 0.714. The van der Waals surface area contributed by atoms with Gasteiger partial charge in [-0.2, -0.15) is 0 Å². The van der Waals surface area contributed by atoms with E-state index < -0.39 is 15.9 Å². The summed E-state index contributed by atoms with van der Waals surface area (Å²) in [6.07, 6.45) is 0.221. The standard InChI is InChI=1S/C14H16N2O4S/c15-21(19,20)7-3-6-16-14(18)12-8-10-4-1-2-5-11(10)9-13(12)17/h1-2,4-5,8-9,17H,3,6-7H2,(H,16,18)(H2,15,19,20).